The van der Waals surface area contributed by atoms with E-state index in [-0.39, 0.29) is 12.1 Å². The van der Waals surface area contributed by atoms with Gasteiger partial charge in [-0.3, -0.25) is 9.59 Å². The number of rotatable bonds is 7. The number of carbonyl (C=O) groups is 3. The Morgan fingerprint density at radius 2 is 1.85 bits per heavy atom. The Hall–Kier alpha value is -2.90. The Balaban J connectivity index is 2.03. The van der Waals surface area contributed by atoms with Gasteiger partial charge >= 0.3 is 11.9 Å². The number of aromatic nitrogens is 2. The summed E-state index contributed by atoms with van der Waals surface area (Å²) in [6.07, 6.45) is -0.450. The van der Waals surface area contributed by atoms with Crippen molar-refractivity contribution in [1.82, 2.24) is 10.1 Å². The quantitative estimate of drug-likeness (QED) is 0.584. The maximum atomic E-state index is 12.6. The molecule has 0 radical (unpaired) electrons. The van der Waals surface area contributed by atoms with Crippen molar-refractivity contribution in [3.8, 4) is 0 Å². The number of aryl methyl sites for hydroxylation is 3. The highest BCUT2D eigenvalue weighted by Crippen LogP contribution is 2.21. The fourth-order valence-corrected chi connectivity index (χ4v) is 3.00. The molecule has 0 saturated heterocycles. The molecule has 8 nitrogen and oxygen atoms in total. The SMILES string of the molecule is COC(=O)c1c(C)[nH]c(C(=O)[C@@H](C)OC(=O)CCc2c(C)noc2C)c1C. The van der Waals surface area contributed by atoms with Gasteiger partial charge in [0, 0.05) is 17.7 Å². The van der Waals surface area contributed by atoms with Crippen LogP contribution in [0.5, 0.6) is 0 Å². The van der Waals surface area contributed by atoms with Crippen molar-refractivity contribution in [3.63, 3.8) is 0 Å². The summed E-state index contributed by atoms with van der Waals surface area (Å²) in [6.45, 7) is 8.41. The Labute approximate surface area is 157 Å². The molecule has 0 bridgehead atoms. The second kappa shape index (κ2) is 8.20. The third-order valence-electron chi connectivity index (χ3n) is 4.51. The van der Waals surface area contributed by atoms with E-state index in [0.29, 0.717) is 29.0 Å². The predicted octanol–water partition coefficient (Wildman–Crippen LogP) is 2.77. The molecule has 0 saturated carbocycles. The number of nitrogens with zero attached hydrogens (tertiary/aromatic N) is 1. The summed E-state index contributed by atoms with van der Waals surface area (Å²) in [6, 6.07) is 0. The lowest BCUT2D eigenvalue weighted by Gasteiger charge is -2.12. The van der Waals surface area contributed by atoms with Crippen LogP contribution in [-0.2, 0) is 20.7 Å². The smallest absolute Gasteiger partial charge is 0.339 e. The first kappa shape index (κ1) is 20.4. The number of ether oxygens (including phenoxy) is 2. The van der Waals surface area contributed by atoms with Gasteiger partial charge in [0.05, 0.1) is 24.1 Å². The minimum absolute atomic E-state index is 0.108. The first-order chi connectivity index (χ1) is 12.7. The van der Waals surface area contributed by atoms with E-state index in [4.69, 9.17) is 14.0 Å². The van der Waals surface area contributed by atoms with Crippen molar-refractivity contribution in [1.29, 1.82) is 0 Å². The minimum atomic E-state index is -0.982. The van der Waals surface area contributed by atoms with Gasteiger partial charge in [-0.15, -0.1) is 0 Å². The van der Waals surface area contributed by atoms with Crippen molar-refractivity contribution >= 4 is 17.7 Å². The highest BCUT2D eigenvalue weighted by Gasteiger charge is 2.27. The molecule has 1 N–H and O–H groups in total. The first-order valence-electron chi connectivity index (χ1n) is 8.60. The molecular formula is C19H24N2O6. The molecule has 146 valence electrons. The third-order valence-corrected chi connectivity index (χ3v) is 4.51. The van der Waals surface area contributed by atoms with Gasteiger partial charge in [0.2, 0.25) is 5.78 Å². The summed E-state index contributed by atoms with van der Waals surface area (Å²) >= 11 is 0. The van der Waals surface area contributed by atoms with Gasteiger partial charge in [0.15, 0.2) is 6.10 Å². The fourth-order valence-electron chi connectivity index (χ4n) is 3.00. The Morgan fingerprint density at radius 1 is 1.19 bits per heavy atom. The molecule has 2 heterocycles. The van der Waals surface area contributed by atoms with Gasteiger partial charge in [-0.1, -0.05) is 5.16 Å². The summed E-state index contributed by atoms with van der Waals surface area (Å²) in [5, 5.41) is 3.84. The Kier molecular flexibility index (Phi) is 6.20. The van der Waals surface area contributed by atoms with E-state index in [1.54, 1.807) is 27.7 Å². The van der Waals surface area contributed by atoms with Crippen LogP contribution in [0.1, 0.15) is 62.5 Å². The van der Waals surface area contributed by atoms with Crippen LogP contribution in [0.15, 0.2) is 4.52 Å². The standard InChI is InChI=1S/C19H24N2O6/c1-9-16(19(24)25-6)11(3)20-17(9)18(23)13(5)26-15(22)8-7-14-10(2)21-27-12(14)4/h13,20H,7-8H2,1-6H3/t13-/m1/s1. The maximum absolute atomic E-state index is 12.6. The zero-order valence-corrected chi connectivity index (χ0v) is 16.4. The number of esters is 2. The largest absolute Gasteiger partial charge is 0.465 e. The number of Topliss-reactive ketones (excluding diaryl/α,β-unsaturated/α-hetero) is 1. The van der Waals surface area contributed by atoms with Crippen molar-refractivity contribution < 1.29 is 28.4 Å². The number of methoxy groups -OCH3 is 1. The van der Waals surface area contributed by atoms with E-state index in [2.05, 4.69) is 10.1 Å². The van der Waals surface area contributed by atoms with Crippen molar-refractivity contribution in [2.75, 3.05) is 7.11 Å². The monoisotopic (exact) mass is 376 g/mol. The molecule has 0 aliphatic rings. The van der Waals surface area contributed by atoms with E-state index < -0.39 is 23.8 Å². The van der Waals surface area contributed by atoms with Crippen LogP contribution in [0.25, 0.3) is 0 Å². The fraction of sp³-hybridized carbons (Fsp3) is 0.474. The average Bonchev–Trinajstić information content (AvgIpc) is 3.10. The highest BCUT2D eigenvalue weighted by molar-refractivity contribution is 6.03. The van der Waals surface area contributed by atoms with Crippen molar-refractivity contribution in [3.05, 3.63) is 39.5 Å². The molecule has 2 aromatic rings. The van der Waals surface area contributed by atoms with Gasteiger partial charge in [-0.05, 0) is 46.6 Å². The van der Waals surface area contributed by atoms with Crippen molar-refractivity contribution in [2.24, 2.45) is 0 Å². The predicted molar refractivity (Wildman–Crippen MR) is 95.8 cm³/mol. The van der Waals surface area contributed by atoms with Crippen LogP contribution in [0.4, 0.5) is 0 Å². The molecule has 0 fully saturated rings. The number of ketones is 1. The van der Waals surface area contributed by atoms with Gasteiger partial charge in [0.1, 0.15) is 5.76 Å². The molecule has 2 aromatic heterocycles. The topological polar surface area (TPSA) is 111 Å². The third kappa shape index (κ3) is 4.27. The van der Waals surface area contributed by atoms with E-state index >= 15 is 0 Å². The minimum Gasteiger partial charge on any atom is -0.465 e. The second-order valence-electron chi connectivity index (χ2n) is 6.42. The first-order valence-corrected chi connectivity index (χ1v) is 8.60. The maximum Gasteiger partial charge on any atom is 0.339 e. The summed E-state index contributed by atoms with van der Waals surface area (Å²) in [7, 11) is 1.28. The van der Waals surface area contributed by atoms with Gasteiger partial charge in [-0.2, -0.15) is 0 Å². The number of nitrogens with one attached hydrogen (secondary N) is 1. The van der Waals surface area contributed by atoms with Crippen molar-refractivity contribution in [2.45, 2.75) is 53.6 Å². The molecule has 0 aliphatic carbocycles. The van der Waals surface area contributed by atoms with Crippen LogP contribution < -0.4 is 0 Å². The lowest BCUT2D eigenvalue weighted by atomic mass is 10.1. The number of hydrogen-bond acceptors (Lipinski definition) is 7. The zero-order valence-electron chi connectivity index (χ0n) is 16.4. The van der Waals surface area contributed by atoms with E-state index in [1.165, 1.54) is 14.0 Å². The number of hydrogen-bond donors (Lipinski definition) is 1. The van der Waals surface area contributed by atoms with Gasteiger partial charge in [-0.25, -0.2) is 4.79 Å². The van der Waals surface area contributed by atoms with Gasteiger partial charge < -0.3 is 19.0 Å². The number of carbonyl (C=O) groups excluding carboxylic acids is 3. The molecule has 0 aromatic carbocycles. The normalized spacial score (nSPS) is 11.9. The van der Waals surface area contributed by atoms with E-state index in [1.807, 2.05) is 0 Å². The summed E-state index contributed by atoms with van der Waals surface area (Å²) in [4.78, 5) is 39.5. The Morgan fingerprint density at radius 3 is 2.41 bits per heavy atom. The van der Waals surface area contributed by atoms with Crippen LogP contribution in [0.3, 0.4) is 0 Å². The lowest BCUT2D eigenvalue weighted by Crippen LogP contribution is -2.25. The Bertz CT molecular complexity index is 858. The van der Waals surface area contributed by atoms with Crippen LogP contribution in [0.2, 0.25) is 0 Å². The second-order valence-corrected chi connectivity index (χ2v) is 6.42. The number of H-pyrrole nitrogens is 1. The molecule has 0 amide bonds. The highest BCUT2D eigenvalue weighted by atomic mass is 16.5. The van der Waals surface area contributed by atoms with Gasteiger partial charge in [0.25, 0.3) is 0 Å². The van der Waals surface area contributed by atoms with Crippen LogP contribution in [-0.4, -0.2) is 41.1 Å². The summed E-state index contributed by atoms with van der Waals surface area (Å²) in [5.41, 5.74) is 3.15. The van der Waals surface area contributed by atoms with E-state index in [9.17, 15) is 14.4 Å². The lowest BCUT2D eigenvalue weighted by molar-refractivity contribution is -0.146. The van der Waals surface area contributed by atoms with E-state index in [0.717, 1.165) is 11.3 Å². The molecule has 27 heavy (non-hydrogen) atoms. The molecule has 0 unspecified atom stereocenters. The molecule has 2 rings (SSSR count). The van der Waals surface area contributed by atoms with Crippen LogP contribution in [0, 0.1) is 27.7 Å². The average molecular weight is 376 g/mol. The molecule has 1 atom stereocenters. The molecular weight excluding hydrogens is 352 g/mol. The zero-order chi connectivity index (χ0) is 20.3. The summed E-state index contributed by atoms with van der Waals surface area (Å²) in [5.74, 6) is -0.761. The molecule has 0 aliphatic heterocycles. The van der Waals surface area contributed by atoms with Crippen LogP contribution >= 0.6 is 0 Å². The summed E-state index contributed by atoms with van der Waals surface area (Å²) < 4.78 is 15.1. The molecule has 0 spiro atoms. The number of aromatic amines is 1. The molecule has 8 heteroatoms.